The number of nitrogens with zero attached hydrogens (tertiary/aromatic N) is 1. The Hall–Kier alpha value is -2.60. The molecule has 1 aliphatic rings. The fraction of sp³-hybridized carbons (Fsp3) is 0.318. The molecule has 1 N–H and O–H groups in total. The summed E-state index contributed by atoms with van der Waals surface area (Å²) in [6, 6.07) is 4.37. The lowest BCUT2D eigenvalue weighted by atomic mass is 10.0. The van der Waals surface area contributed by atoms with Gasteiger partial charge in [0.15, 0.2) is 0 Å². The summed E-state index contributed by atoms with van der Waals surface area (Å²) >= 11 is 0. The summed E-state index contributed by atoms with van der Waals surface area (Å²) in [6.45, 7) is 5.28. The molecule has 0 spiro atoms. The van der Waals surface area contributed by atoms with Crippen LogP contribution in [0.1, 0.15) is 30.7 Å². The number of hydrogen-bond acceptors (Lipinski definition) is 2. The van der Waals surface area contributed by atoms with Gasteiger partial charge in [0.05, 0.1) is 11.1 Å². The maximum absolute atomic E-state index is 13.7. The molecule has 1 aromatic heterocycles. The van der Waals surface area contributed by atoms with Gasteiger partial charge < -0.3 is 9.88 Å². The highest BCUT2D eigenvalue weighted by molar-refractivity contribution is 5.89. The number of hydrogen-bond donors (Lipinski definition) is 1. The van der Waals surface area contributed by atoms with E-state index < -0.39 is 11.7 Å². The molecule has 28 heavy (non-hydrogen) atoms. The van der Waals surface area contributed by atoms with Crippen LogP contribution in [0.4, 0.5) is 13.2 Å². The molecule has 6 heteroatoms. The van der Waals surface area contributed by atoms with Crippen molar-refractivity contribution in [3.05, 3.63) is 70.5 Å². The molecule has 0 atom stereocenters. The highest BCUT2D eigenvalue weighted by Crippen LogP contribution is 2.39. The molecular weight excluding hydrogens is 365 g/mol. The van der Waals surface area contributed by atoms with E-state index in [0.29, 0.717) is 30.5 Å². The lowest BCUT2D eigenvalue weighted by molar-refractivity contribution is -0.136. The van der Waals surface area contributed by atoms with Crippen molar-refractivity contribution in [1.82, 2.24) is 9.88 Å². The van der Waals surface area contributed by atoms with Gasteiger partial charge in [-0.15, -0.1) is 0 Å². The Morgan fingerprint density at radius 2 is 2.11 bits per heavy atom. The lowest BCUT2D eigenvalue weighted by Gasteiger charge is -2.18. The number of aldehydes is 1. The van der Waals surface area contributed by atoms with Crippen LogP contribution >= 0.6 is 0 Å². The zero-order chi connectivity index (χ0) is 20.3. The fourth-order valence-corrected chi connectivity index (χ4v) is 3.75. The average Bonchev–Trinajstić information content (AvgIpc) is 2.98. The summed E-state index contributed by atoms with van der Waals surface area (Å²) in [6.07, 6.45) is 3.97. The molecule has 0 fully saturated rings. The fourth-order valence-electron chi connectivity index (χ4n) is 3.75. The van der Waals surface area contributed by atoms with Gasteiger partial charge in [-0.25, -0.2) is 0 Å². The molecule has 3 nitrogen and oxygen atoms in total. The highest BCUT2D eigenvalue weighted by Gasteiger charge is 2.35. The van der Waals surface area contributed by atoms with E-state index in [-0.39, 0.29) is 5.52 Å². The standard InChI is InChI=1S/C22H23F3N2O/c1-3-4-6-16(14-28)11-15(2)13-27-20-9-10-26-12-18(20)17-7-5-8-19(21(17)27)22(23,24)25/h3-8,11,14,26H,9-10,12-13H2,1-2H3/b4-3-,15-11+,16-6+. The van der Waals surface area contributed by atoms with Gasteiger partial charge >= 0.3 is 6.18 Å². The van der Waals surface area contributed by atoms with E-state index in [4.69, 9.17) is 0 Å². The van der Waals surface area contributed by atoms with Gasteiger partial charge in [0, 0.05) is 42.7 Å². The van der Waals surface area contributed by atoms with Crippen molar-refractivity contribution in [2.75, 3.05) is 6.54 Å². The van der Waals surface area contributed by atoms with Gasteiger partial charge in [0.1, 0.15) is 6.29 Å². The molecule has 0 radical (unpaired) electrons. The first kappa shape index (κ1) is 20.1. The first-order valence-electron chi connectivity index (χ1n) is 9.23. The van der Waals surface area contributed by atoms with Crippen LogP contribution in [-0.4, -0.2) is 17.4 Å². The third kappa shape index (κ3) is 3.97. The van der Waals surface area contributed by atoms with E-state index >= 15 is 0 Å². The summed E-state index contributed by atoms with van der Waals surface area (Å²) < 4.78 is 42.9. The number of allylic oxidation sites excluding steroid dienone is 6. The third-order valence-electron chi connectivity index (χ3n) is 4.89. The van der Waals surface area contributed by atoms with Crippen molar-refractivity contribution in [3.8, 4) is 0 Å². The molecule has 3 rings (SSSR count). The summed E-state index contributed by atoms with van der Waals surface area (Å²) in [5, 5.41) is 3.89. The third-order valence-corrected chi connectivity index (χ3v) is 4.89. The maximum Gasteiger partial charge on any atom is 0.418 e. The monoisotopic (exact) mass is 388 g/mol. The van der Waals surface area contributed by atoms with Crippen molar-refractivity contribution in [2.45, 2.75) is 39.5 Å². The summed E-state index contributed by atoms with van der Waals surface area (Å²) in [5.74, 6) is 0. The number of fused-ring (bicyclic) bond motifs is 3. The van der Waals surface area contributed by atoms with Crippen molar-refractivity contribution in [2.24, 2.45) is 0 Å². The van der Waals surface area contributed by atoms with E-state index in [1.807, 2.05) is 19.9 Å². The number of nitrogens with one attached hydrogen (secondary N) is 1. The van der Waals surface area contributed by atoms with E-state index in [2.05, 4.69) is 5.32 Å². The normalized spacial score (nSPS) is 16.0. The van der Waals surface area contributed by atoms with Crippen LogP contribution in [0.5, 0.6) is 0 Å². The Kier molecular flexibility index (Phi) is 5.89. The number of alkyl halides is 3. The van der Waals surface area contributed by atoms with E-state index in [9.17, 15) is 18.0 Å². The van der Waals surface area contributed by atoms with Crippen LogP contribution < -0.4 is 5.32 Å². The number of benzene rings is 1. The van der Waals surface area contributed by atoms with Gasteiger partial charge in [-0.2, -0.15) is 13.2 Å². The minimum Gasteiger partial charge on any atom is -0.340 e. The van der Waals surface area contributed by atoms with E-state index in [1.165, 1.54) is 6.07 Å². The molecule has 0 saturated carbocycles. The molecule has 1 aliphatic heterocycles. The number of para-hydroxylation sites is 1. The molecule has 0 bridgehead atoms. The molecule has 0 unspecified atom stereocenters. The van der Waals surface area contributed by atoms with Crippen molar-refractivity contribution in [3.63, 3.8) is 0 Å². The number of rotatable bonds is 5. The van der Waals surface area contributed by atoms with Gasteiger partial charge in [-0.1, -0.05) is 42.0 Å². The zero-order valence-corrected chi connectivity index (χ0v) is 15.9. The van der Waals surface area contributed by atoms with Crippen LogP contribution in [0.25, 0.3) is 10.9 Å². The second-order valence-electron chi connectivity index (χ2n) is 6.94. The summed E-state index contributed by atoms with van der Waals surface area (Å²) in [5.41, 5.74) is 2.77. The first-order chi connectivity index (χ1) is 13.4. The maximum atomic E-state index is 13.7. The van der Waals surface area contributed by atoms with Crippen molar-refractivity contribution in [1.29, 1.82) is 0 Å². The predicted molar refractivity (Wildman–Crippen MR) is 105 cm³/mol. The van der Waals surface area contributed by atoms with Crippen molar-refractivity contribution < 1.29 is 18.0 Å². The van der Waals surface area contributed by atoms with Crippen LogP contribution in [0, 0.1) is 0 Å². The van der Waals surface area contributed by atoms with Gasteiger partial charge in [-0.05, 0) is 25.5 Å². The van der Waals surface area contributed by atoms with Crippen LogP contribution in [0.2, 0.25) is 0 Å². The summed E-state index contributed by atoms with van der Waals surface area (Å²) in [7, 11) is 0. The van der Waals surface area contributed by atoms with Crippen molar-refractivity contribution >= 4 is 17.2 Å². The minimum atomic E-state index is -4.43. The van der Waals surface area contributed by atoms with Crippen LogP contribution in [0.15, 0.2) is 53.6 Å². The zero-order valence-electron chi connectivity index (χ0n) is 15.9. The number of carbonyl (C=O) groups is 1. The minimum absolute atomic E-state index is 0.224. The Morgan fingerprint density at radius 3 is 2.79 bits per heavy atom. The largest absolute Gasteiger partial charge is 0.418 e. The molecule has 2 aromatic rings. The second-order valence-corrected chi connectivity index (χ2v) is 6.94. The smallest absolute Gasteiger partial charge is 0.340 e. The first-order valence-corrected chi connectivity index (χ1v) is 9.23. The number of aromatic nitrogens is 1. The molecule has 0 aliphatic carbocycles. The van der Waals surface area contributed by atoms with Crippen LogP contribution in [-0.2, 0) is 30.5 Å². The molecule has 2 heterocycles. The quantitative estimate of drug-likeness (QED) is 0.447. The number of halogens is 3. The molecule has 1 aromatic carbocycles. The predicted octanol–water partition coefficient (Wildman–Crippen LogP) is 4.95. The topological polar surface area (TPSA) is 34.0 Å². The molecule has 0 amide bonds. The van der Waals surface area contributed by atoms with Crippen LogP contribution in [0.3, 0.4) is 0 Å². The Labute approximate surface area is 162 Å². The SMILES string of the molecule is C\C=C/C=C(C=O)\C=C(/C)Cn1c2c(c3cccc(C(F)(F)F)c31)CNCC2. The molecular formula is C22H23F3N2O. The van der Waals surface area contributed by atoms with Gasteiger partial charge in [-0.3, -0.25) is 4.79 Å². The highest BCUT2D eigenvalue weighted by atomic mass is 19.4. The Bertz CT molecular complexity index is 978. The lowest BCUT2D eigenvalue weighted by Crippen LogP contribution is -2.24. The molecule has 148 valence electrons. The second kappa shape index (κ2) is 8.19. The van der Waals surface area contributed by atoms with Gasteiger partial charge in [0.2, 0.25) is 0 Å². The van der Waals surface area contributed by atoms with E-state index in [1.54, 1.807) is 28.9 Å². The average molecular weight is 388 g/mol. The Morgan fingerprint density at radius 1 is 1.32 bits per heavy atom. The Balaban J connectivity index is 2.16. The van der Waals surface area contributed by atoms with E-state index in [0.717, 1.165) is 35.7 Å². The van der Waals surface area contributed by atoms with Gasteiger partial charge in [0.25, 0.3) is 0 Å². The molecule has 0 saturated heterocycles. The number of carbonyl (C=O) groups excluding carboxylic acids is 1. The summed E-state index contributed by atoms with van der Waals surface area (Å²) in [4.78, 5) is 11.3.